The van der Waals surface area contributed by atoms with Gasteiger partial charge in [-0.05, 0) is 36.8 Å². The number of nitrogens with zero attached hydrogens (tertiary/aromatic N) is 1. The number of hydrogen-bond acceptors (Lipinski definition) is 3. The Balaban J connectivity index is 0.00000392. The Hall–Kier alpha value is -2.24. The molecule has 6 nitrogen and oxygen atoms in total. The van der Waals surface area contributed by atoms with Crippen LogP contribution in [0.15, 0.2) is 52.1 Å². The number of guanidine groups is 1. The maximum absolute atomic E-state index is 12.6. The SMILES string of the molecule is CCNC(=NCc1ccc(C(F)(F)F)cc1)NCC(=O)NCc1ccco1.I. The van der Waals surface area contributed by atoms with Gasteiger partial charge in [0.15, 0.2) is 5.96 Å². The number of halogens is 4. The van der Waals surface area contributed by atoms with E-state index in [0.29, 0.717) is 23.8 Å². The molecule has 0 aliphatic heterocycles. The Morgan fingerprint density at radius 3 is 2.39 bits per heavy atom. The molecule has 0 atom stereocenters. The lowest BCUT2D eigenvalue weighted by Crippen LogP contribution is -2.43. The molecule has 0 saturated heterocycles. The third-order valence-electron chi connectivity index (χ3n) is 3.50. The summed E-state index contributed by atoms with van der Waals surface area (Å²) in [7, 11) is 0. The summed E-state index contributed by atoms with van der Waals surface area (Å²) in [6.45, 7) is 2.91. The molecule has 1 heterocycles. The van der Waals surface area contributed by atoms with Crippen LogP contribution in [0.4, 0.5) is 13.2 Å². The smallest absolute Gasteiger partial charge is 0.416 e. The van der Waals surface area contributed by atoms with E-state index in [1.54, 1.807) is 12.1 Å². The molecule has 0 bridgehead atoms. The number of carbonyl (C=O) groups excluding carboxylic acids is 1. The molecular weight excluding hydrogens is 488 g/mol. The van der Waals surface area contributed by atoms with Crippen LogP contribution in [0.2, 0.25) is 0 Å². The summed E-state index contributed by atoms with van der Waals surface area (Å²) in [5, 5.41) is 8.54. The number of nitrogens with one attached hydrogen (secondary N) is 3. The van der Waals surface area contributed by atoms with Crippen molar-refractivity contribution in [3.63, 3.8) is 0 Å². The van der Waals surface area contributed by atoms with Crippen LogP contribution in [0.25, 0.3) is 0 Å². The zero-order chi connectivity index (χ0) is 19.7. The lowest BCUT2D eigenvalue weighted by molar-refractivity contribution is -0.137. The molecule has 0 unspecified atom stereocenters. The first-order valence-corrected chi connectivity index (χ1v) is 8.36. The predicted molar refractivity (Wildman–Crippen MR) is 110 cm³/mol. The Morgan fingerprint density at radius 2 is 1.82 bits per heavy atom. The van der Waals surface area contributed by atoms with Crippen molar-refractivity contribution in [1.82, 2.24) is 16.0 Å². The minimum absolute atomic E-state index is 0. The van der Waals surface area contributed by atoms with Crippen molar-refractivity contribution in [3.8, 4) is 0 Å². The highest BCUT2D eigenvalue weighted by molar-refractivity contribution is 14.0. The van der Waals surface area contributed by atoms with E-state index < -0.39 is 11.7 Å². The number of rotatable bonds is 7. The number of furan rings is 1. The van der Waals surface area contributed by atoms with E-state index in [9.17, 15) is 18.0 Å². The molecule has 2 aromatic rings. The largest absolute Gasteiger partial charge is 0.467 e. The quantitative estimate of drug-likeness (QED) is 0.304. The number of carbonyl (C=O) groups is 1. The number of amides is 1. The summed E-state index contributed by atoms with van der Waals surface area (Å²) < 4.78 is 42.8. The van der Waals surface area contributed by atoms with Crippen LogP contribution in [0.1, 0.15) is 23.8 Å². The molecule has 0 spiro atoms. The monoisotopic (exact) mass is 510 g/mol. The molecule has 28 heavy (non-hydrogen) atoms. The van der Waals surface area contributed by atoms with E-state index in [0.717, 1.165) is 12.1 Å². The number of alkyl halides is 3. The second-order valence-corrected chi connectivity index (χ2v) is 5.60. The fourth-order valence-electron chi connectivity index (χ4n) is 2.14. The lowest BCUT2D eigenvalue weighted by Gasteiger charge is -2.11. The molecule has 10 heteroatoms. The highest BCUT2D eigenvalue weighted by atomic mass is 127. The average molecular weight is 510 g/mol. The Kier molecular flexibility index (Phi) is 9.83. The molecule has 3 N–H and O–H groups in total. The molecule has 0 fully saturated rings. The van der Waals surface area contributed by atoms with Crippen LogP contribution in [0.3, 0.4) is 0 Å². The van der Waals surface area contributed by atoms with Gasteiger partial charge >= 0.3 is 6.18 Å². The zero-order valence-corrected chi connectivity index (χ0v) is 17.5. The van der Waals surface area contributed by atoms with E-state index in [4.69, 9.17) is 4.42 Å². The van der Waals surface area contributed by atoms with Gasteiger partial charge in [0.2, 0.25) is 5.91 Å². The van der Waals surface area contributed by atoms with Gasteiger partial charge in [-0.15, -0.1) is 24.0 Å². The molecule has 0 saturated carbocycles. The van der Waals surface area contributed by atoms with Crippen LogP contribution in [0, 0.1) is 0 Å². The van der Waals surface area contributed by atoms with Gasteiger partial charge in [0, 0.05) is 6.54 Å². The molecule has 1 amide bonds. The van der Waals surface area contributed by atoms with Crippen LogP contribution >= 0.6 is 24.0 Å². The van der Waals surface area contributed by atoms with Gasteiger partial charge in [-0.2, -0.15) is 13.2 Å². The topological polar surface area (TPSA) is 78.7 Å². The Morgan fingerprint density at radius 1 is 1.11 bits per heavy atom. The first-order chi connectivity index (χ1) is 12.9. The fourth-order valence-corrected chi connectivity index (χ4v) is 2.14. The first kappa shape index (κ1) is 23.8. The number of benzene rings is 1. The van der Waals surface area contributed by atoms with Crippen LogP contribution < -0.4 is 16.0 Å². The van der Waals surface area contributed by atoms with Crippen molar-refractivity contribution >= 4 is 35.8 Å². The van der Waals surface area contributed by atoms with Gasteiger partial charge < -0.3 is 20.4 Å². The first-order valence-electron chi connectivity index (χ1n) is 8.36. The molecule has 0 radical (unpaired) electrons. The predicted octanol–water partition coefficient (Wildman–Crippen LogP) is 3.29. The highest BCUT2D eigenvalue weighted by Gasteiger charge is 2.29. The number of aliphatic imine (C=N–C) groups is 1. The van der Waals surface area contributed by atoms with Crippen molar-refractivity contribution in [2.45, 2.75) is 26.2 Å². The third kappa shape index (κ3) is 8.19. The summed E-state index contributed by atoms with van der Waals surface area (Å²) in [5.74, 6) is 0.795. The van der Waals surface area contributed by atoms with Gasteiger partial charge in [-0.1, -0.05) is 12.1 Å². The summed E-state index contributed by atoms with van der Waals surface area (Å²) in [4.78, 5) is 16.1. The molecular formula is C18H22F3IN4O2. The standard InChI is InChI=1S/C18H21F3N4O2.HI/c1-2-22-17(25-12-16(26)23-11-15-4-3-9-27-15)24-10-13-5-7-14(8-6-13)18(19,20)21;/h3-9H,2,10-12H2,1H3,(H,23,26)(H2,22,24,25);1H. The van der Waals surface area contributed by atoms with E-state index in [-0.39, 0.29) is 49.5 Å². The number of hydrogen-bond donors (Lipinski definition) is 3. The van der Waals surface area contributed by atoms with Gasteiger partial charge in [0.05, 0.1) is 31.5 Å². The van der Waals surface area contributed by atoms with Crippen LogP contribution in [-0.2, 0) is 24.1 Å². The lowest BCUT2D eigenvalue weighted by atomic mass is 10.1. The summed E-state index contributed by atoms with van der Waals surface area (Å²) in [5.41, 5.74) is -0.0732. The summed E-state index contributed by atoms with van der Waals surface area (Å²) in [6, 6.07) is 8.29. The van der Waals surface area contributed by atoms with Crippen molar-refractivity contribution in [1.29, 1.82) is 0 Å². The molecule has 1 aromatic carbocycles. The van der Waals surface area contributed by atoms with Gasteiger partial charge in [-0.3, -0.25) is 4.79 Å². The molecule has 0 aliphatic rings. The fraction of sp³-hybridized carbons (Fsp3) is 0.333. The van der Waals surface area contributed by atoms with Gasteiger partial charge in [0.25, 0.3) is 0 Å². The molecule has 0 aliphatic carbocycles. The molecule has 1 aromatic heterocycles. The van der Waals surface area contributed by atoms with Crippen LogP contribution in [0.5, 0.6) is 0 Å². The second-order valence-electron chi connectivity index (χ2n) is 5.60. The molecule has 2 rings (SSSR count). The van der Waals surface area contributed by atoms with Gasteiger partial charge in [-0.25, -0.2) is 4.99 Å². The maximum atomic E-state index is 12.6. The maximum Gasteiger partial charge on any atom is 0.416 e. The van der Waals surface area contributed by atoms with Crippen LogP contribution in [-0.4, -0.2) is 25.0 Å². The van der Waals surface area contributed by atoms with E-state index in [1.165, 1.54) is 18.4 Å². The third-order valence-corrected chi connectivity index (χ3v) is 3.50. The van der Waals surface area contributed by atoms with E-state index >= 15 is 0 Å². The van der Waals surface area contributed by atoms with E-state index in [2.05, 4.69) is 20.9 Å². The summed E-state index contributed by atoms with van der Waals surface area (Å²) >= 11 is 0. The highest BCUT2D eigenvalue weighted by Crippen LogP contribution is 2.29. The minimum Gasteiger partial charge on any atom is -0.467 e. The molecule has 154 valence electrons. The Labute approximate surface area is 178 Å². The minimum atomic E-state index is -4.36. The normalized spacial score (nSPS) is 11.5. The second kappa shape index (κ2) is 11.6. The van der Waals surface area contributed by atoms with Crippen molar-refractivity contribution in [2.75, 3.05) is 13.1 Å². The Bertz CT molecular complexity index is 747. The van der Waals surface area contributed by atoms with Crippen molar-refractivity contribution in [2.24, 2.45) is 4.99 Å². The van der Waals surface area contributed by atoms with Crippen molar-refractivity contribution in [3.05, 3.63) is 59.5 Å². The summed E-state index contributed by atoms with van der Waals surface area (Å²) in [6.07, 6.45) is -2.84. The van der Waals surface area contributed by atoms with E-state index in [1.807, 2.05) is 6.92 Å². The zero-order valence-electron chi connectivity index (χ0n) is 15.2. The average Bonchev–Trinajstić information content (AvgIpc) is 3.15. The van der Waals surface area contributed by atoms with Gasteiger partial charge in [0.1, 0.15) is 5.76 Å². The van der Waals surface area contributed by atoms with Crippen molar-refractivity contribution < 1.29 is 22.4 Å².